The molecule has 7 heteroatoms. The van der Waals surface area contributed by atoms with Crippen molar-refractivity contribution < 1.29 is 14.3 Å². The van der Waals surface area contributed by atoms with Gasteiger partial charge in [-0.05, 0) is 12.8 Å². The molecule has 3 atom stereocenters. The Balaban J connectivity index is 1.90. The molecule has 3 unspecified atom stereocenters. The molecule has 1 N–H and O–H groups in total. The van der Waals surface area contributed by atoms with Crippen LogP contribution in [0.25, 0.3) is 0 Å². The number of nitrogens with one attached hydrogen (secondary N) is 1. The second kappa shape index (κ2) is 8.18. The number of hydrogen-bond acceptors (Lipinski definition) is 3. The van der Waals surface area contributed by atoms with Crippen LogP contribution in [0.2, 0.25) is 0 Å². The number of ether oxygens (including phenoxy) is 1. The van der Waals surface area contributed by atoms with Crippen LogP contribution in [0.3, 0.4) is 0 Å². The van der Waals surface area contributed by atoms with Crippen molar-refractivity contribution in [1.29, 1.82) is 0 Å². The first-order valence-corrected chi connectivity index (χ1v) is 8.76. The maximum absolute atomic E-state index is 12.1. The van der Waals surface area contributed by atoms with Gasteiger partial charge < -0.3 is 10.1 Å². The van der Waals surface area contributed by atoms with E-state index >= 15 is 0 Å². The topological polar surface area (TPSA) is 55.4 Å². The minimum absolute atomic E-state index is 0.258. The van der Waals surface area contributed by atoms with Crippen LogP contribution >= 0.6 is 39.1 Å². The number of halogens is 3. The Kier molecular flexibility index (Phi) is 6.53. The molecule has 0 saturated heterocycles. The molecule has 22 heavy (non-hydrogen) atoms. The maximum Gasteiger partial charge on any atom is 0.408 e. The number of carbonyl (C=O) groups excluding carboxylic acids is 2. The fourth-order valence-electron chi connectivity index (χ4n) is 2.29. The minimum Gasteiger partial charge on any atom is -0.443 e. The standard InChI is InChI=1S/C15H16BrCl2NO3/c16-14(12(20)9-5-2-1-3-6-9)19-15(21)22-13-10(17)7-4-8-11(13)18/h1-3,5-6,10-11,13-14H,4,7-8H2,(H,19,21). The van der Waals surface area contributed by atoms with Gasteiger partial charge in [-0.15, -0.1) is 23.2 Å². The van der Waals surface area contributed by atoms with Gasteiger partial charge in [0.2, 0.25) is 0 Å². The molecule has 1 aliphatic carbocycles. The molecule has 0 aromatic heterocycles. The highest BCUT2D eigenvalue weighted by Crippen LogP contribution is 2.29. The zero-order chi connectivity index (χ0) is 16.1. The lowest BCUT2D eigenvalue weighted by Crippen LogP contribution is -2.44. The fraction of sp³-hybridized carbons (Fsp3) is 0.467. The summed E-state index contributed by atoms with van der Waals surface area (Å²) in [5.41, 5.74) is 0.493. The van der Waals surface area contributed by atoms with Crippen LogP contribution in [0.4, 0.5) is 4.79 Å². The van der Waals surface area contributed by atoms with Crippen molar-refractivity contribution >= 4 is 51.0 Å². The lowest BCUT2D eigenvalue weighted by atomic mass is 9.96. The summed E-state index contributed by atoms with van der Waals surface area (Å²) in [6.07, 6.45) is 1.16. The lowest BCUT2D eigenvalue weighted by molar-refractivity contribution is 0.0768. The number of carbonyl (C=O) groups is 2. The van der Waals surface area contributed by atoms with Gasteiger partial charge in [0.1, 0.15) is 6.10 Å². The molecule has 1 saturated carbocycles. The van der Waals surface area contributed by atoms with Crippen LogP contribution in [-0.2, 0) is 4.74 Å². The third-order valence-electron chi connectivity index (χ3n) is 3.45. The first kappa shape index (κ1) is 17.6. The molecular formula is C15H16BrCl2NO3. The van der Waals surface area contributed by atoms with E-state index in [1.54, 1.807) is 24.3 Å². The SMILES string of the molecule is O=C(NC(Br)C(=O)c1ccccc1)OC1C(Cl)CCCC1Cl. The largest absolute Gasteiger partial charge is 0.443 e. The first-order valence-electron chi connectivity index (χ1n) is 6.97. The van der Waals surface area contributed by atoms with E-state index in [0.717, 1.165) is 19.3 Å². The summed E-state index contributed by atoms with van der Waals surface area (Å²) in [6, 6.07) is 8.67. The lowest BCUT2D eigenvalue weighted by Gasteiger charge is -2.31. The Bertz CT molecular complexity index is 519. The highest BCUT2D eigenvalue weighted by atomic mass is 79.9. The maximum atomic E-state index is 12.1. The number of alkyl halides is 3. The molecule has 4 nitrogen and oxygen atoms in total. The van der Waals surface area contributed by atoms with Gasteiger partial charge in [-0.2, -0.15) is 0 Å². The van der Waals surface area contributed by atoms with Crippen molar-refractivity contribution in [3.8, 4) is 0 Å². The molecule has 120 valence electrons. The molecule has 0 radical (unpaired) electrons. The Morgan fingerprint density at radius 3 is 2.36 bits per heavy atom. The van der Waals surface area contributed by atoms with Crippen molar-refractivity contribution in [2.24, 2.45) is 0 Å². The smallest absolute Gasteiger partial charge is 0.408 e. The predicted octanol–water partition coefficient (Wildman–Crippen LogP) is 4.08. The van der Waals surface area contributed by atoms with Crippen molar-refractivity contribution in [2.45, 2.75) is 41.1 Å². The van der Waals surface area contributed by atoms with Gasteiger partial charge in [-0.1, -0.05) is 52.7 Å². The average molecular weight is 409 g/mol. The van der Waals surface area contributed by atoms with Gasteiger partial charge >= 0.3 is 6.09 Å². The van der Waals surface area contributed by atoms with E-state index in [4.69, 9.17) is 27.9 Å². The number of benzene rings is 1. The van der Waals surface area contributed by atoms with Crippen LogP contribution in [0, 0.1) is 0 Å². The van der Waals surface area contributed by atoms with Crippen LogP contribution in [0.1, 0.15) is 29.6 Å². The third kappa shape index (κ3) is 4.61. The third-order valence-corrected chi connectivity index (χ3v) is 5.03. The summed E-state index contributed by atoms with van der Waals surface area (Å²) >= 11 is 15.4. The number of alkyl carbamates (subject to hydrolysis) is 1. The van der Waals surface area contributed by atoms with Crippen molar-refractivity contribution in [3.63, 3.8) is 0 Å². The molecule has 1 aromatic rings. The van der Waals surface area contributed by atoms with E-state index in [9.17, 15) is 9.59 Å². The predicted molar refractivity (Wildman–Crippen MR) is 90.0 cm³/mol. The van der Waals surface area contributed by atoms with Crippen LogP contribution in [0.5, 0.6) is 0 Å². The van der Waals surface area contributed by atoms with E-state index in [-0.39, 0.29) is 16.5 Å². The fourth-order valence-corrected chi connectivity index (χ4v) is 3.57. The summed E-state index contributed by atoms with van der Waals surface area (Å²) in [5.74, 6) is -0.258. The zero-order valence-electron chi connectivity index (χ0n) is 11.7. The summed E-state index contributed by atoms with van der Waals surface area (Å²) < 4.78 is 5.28. The normalized spacial score (nSPS) is 26.0. The van der Waals surface area contributed by atoms with Gasteiger partial charge in [-0.25, -0.2) is 4.79 Å². The van der Waals surface area contributed by atoms with Gasteiger partial charge in [0.15, 0.2) is 10.7 Å². The molecule has 1 fully saturated rings. The van der Waals surface area contributed by atoms with Crippen LogP contribution < -0.4 is 5.32 Å². The second-order valence-corrected chi connectivity index (χ2v) is 7.11. The number of hydrogen-bond donors (Lipinski definition) is 1. The Labute approximate surface area is 147 Å². The summed E-state index contributed by atoms with van der Waals surface area (Å²) in [6.45, 7) is 0. The number of Topliss-reactive ketones (excluding diaryl/α,β-unsaturated/α-hetero) is 1. The van der Waals surface area contributed by atoms with Crippen molar-refractivity contribution in [1.82, 2.24) is 5.32 Å². The monoisotopic (exact) mass is 407 g/mol. The van der Waals surface area contributed by atoms with Crippen LogP contribution in [0.15, 0.2) is 30.3 Å². The highest BCUT2D eigenvalue weighted by molar-refractivity contribution is 9.10. The number of amides is 1. The van der Waals surface area contributed by atoms with E-state index in [1.165, 1.54) is 0 Å². The summed E-state index contributed by atoms with van der Waals surface area (Å²) in [4.78, 5) is 23.2. The second-order valence-electron chi connectivity index (χ2n) is 5.07. The van der Waals surface area contributed by atoms with Crippen molar-refractivity contribution in [3.05, 3.63) is 35.9 Å². The first-order chi connectivity index (χ1) is 10.5. The average Bonchev–Trinajstić information content (AvgIpc) is 2.51. The Hall–Kier alpha value is -0.780. The zero-order valence-corrected chi connectivity index (χ0v) is 14.8. The molecule has 0 aliphatic heterocycles. The van der Waals surface area contributed by atoms with E-state index < -0.39 is 17.1 Å². The van der Waals surface area contributed by atoms with E-state index in [1.807, 2.05) is 6.07 Å². The Morgan fingerprint density at radius 2 is 1.77 bits per heavy atom. The molecule has 0 spiro atoms. The van der Waals surface area contributed by atoms with Gasteiger partial charge in [0.25, 0.3) is 0 Å². The summed E-state index contributed by atoms with van der Waals surface area (Å²) in [7, 11) is 0. The van der Waals surface area contributed by atoms with Crippen molar-refractivity contribution in [2.75, 3.05) is 0 Å². The molecule has 1 amide bonds. The van der Waals surface area contributed by atoms with Crippen LogP contribution in [-0.4, -0.2) is 33.7 Å². The number of rotatable bonds is 4. The quantitative estimate of drug-likeness (QED) is 0.463. The highest BCUT2D eigenvalue weighted by Gasteiger charge is 2.34. The van der Waals surface area contributed by atoms with Gasteiger partial charge in [0, 0.05) is 5.56 Å². The molecular weight excluding hydrogens is 393 g/mol. The Morgan fingerprint density at radius 1 is 1.18 bits per heavy atom. The minimum atomic E-state index is -0.867. The van der Waals surface area contributed by atoms with Gasteiger partial charge in [0.05, 0.1) is 10.8 Å². The molecule has 1 aromatic carbocycles. The molecule has 1 aliphatic rings. The summed E-state index contributed by atoms with van der Waals surface area (Å²) in [5, 5.41) is 1.85. The van der Waals surface area contributed by atoms with E-state index in [2.05, 4.69) is 21.2 Å². The number of ketones is 1. The van der Waals surface area contributed by atoms with Gasteiger partial charge in [-0.3, -0.25) is 4.79 Å². The molecule has 2 rings (SSSR count). The molecule has 0 heterocycles. The molecule has 0 bridgehead atoms. The van der Waals surface area contributed by atoms with E-state index in [0.29, 0.717) is 5.56 Å².